The van der Waals surface area contributed by atoms with Crippen LogP contribution in [0, 0.1) is 11.3 Å². The fourth-order valence-corrected chi connectivity index (χ4v) is 1.56. The molecule has 1 aromatic heterocycles. The smallest absolute Gasteiger partial charge is 0.169 e. The Morgan fingerprint density at radius 1 is 1.26 bits per heavy atom. The largest absolute Gasteiger partial charge is 0.493 e. The molecule has 19 heavy (non-hydrogen) atoms. The van der Waals surface area contributed by atoms with Crippen LogP contribution in [0.2, 0.25) is 0 Å². The maximum atomic E-state index is 9.07. The number of rotatable bonds is 4. The molecule has 0 bridgehead atoms. The van der Waals surface area contributed by atoms with E-state index < -0.39 is 0 Å². The summed E-state index contributed by atoms with van der Waals surface area (Å²) in [5, 5.41) is 17.8. The van der Waals surface area contributed by atoms with Gasteiger partial charge >= 0.3 is 0 Å². The topological polar surface area (TPSA) is 75.4 Å². The maximum Gasteiger partial charge on any atom is 0.169 e. The molecule has 0 aliphatic carbocycles. The fourth-order valence-electron chi connectivity index (χ4n) is 1.56. The summed E-state index contributed by atoms with van der Waals surface area (Å²) in [6, 6.07) is 10.3. The number of aliphatic hydroxyl groups is 1. The van der Waals surface area contributed by atoms with E-state index in [-0.39, 0.29) is 12.3 Å². The molecule has 0 atom stereocenters. The van der Waals surface area contributed by atoms with Crippen LogP contribution in [0.1, 0.15) is 11.3 Å². The van der Waals surface area contributed by atoms with E-state index in [1.165, 1.54) is 13.3 Å². The Kier molecular flexibility index (Phi) is 3.96. The maximum absolute atomic E-state index is 9.07. The van der Waals surface area contributed by atoms with Gasteiger partial charge in [0.25, 0.3) is 0 Å². The SMILES string of the molecule is COc1cc(CO)ccc1Oc1ccnc(C#N)c1. The first kappa shape index (κ1) is 12.9. The second-order valence-electron chi connectivity index (χ2n) is 3.73. The molecule has 5 heteroatoms. The standard InChI is InChI=1S/C14H12N2O3/c1-18-14-6-10(9-17)2-3-13(14)19-12-4-5-16-11(7-12)8-15/h2-7,17H,9H2,1H3. The molecule has 0 amide bonds. The van der Waals surface area contributed by atoms with Gasteiger partial charge in [-0.1, -0.05) is 6.07 Å². The average Bonchev–Trinajstić information content (AvgIpc) is 2.48. The Balaban J connectivity index is 2.30. The van der Waals surface area contributed by atoms with Gasteiger partial charge in [-0.15, -0.1) is 0 Å². The summed E-state index contributed by atoms with van der Waals surface area (Å²) in [7, 11) is 1.52. The summed E-state index contributed by atoms with van der Waals surface area (Å²) >= 11 is 0. The van der Waals surface area contributed by atoms with Crippen molar-refractivity contribution in [2.75, 3.05) is 7.11 Å². The molecule has 2 aromatic rings. The first-order valence-electron chi connectivity index (χ1n) is 5.58. The highest BCUT2D eigenvalue weighted by atomic mass is 16.5. The first-order chi connectivity index (χ1) is 9.26. The van der Waals surface area contributed by atoms with E-state index in [0.29, 0.717) is 17.2 Å². The van der Waals surface area contributed by atoms with Gasteiger partial charge in [0.05, 0.1) is 13.7 Å². The van der Waals surface area contributed by atoms with Crippen molar-refractivity contribution in [1.29, 1.82) is 5.26 Å². The van der Waals surface area contributed by atoms with Crippen LogP contribution in [0.15, 0.2) is 36.5 Å². The predicted octanol–water partition coefficient (Wildman–Crippen LogP) is 2.25. The lowest BCUT2D eigenvalue weighted by Crippen LogP contribution is -1.93. The minimum atomic E-state index is -0.0650. The Hall–Kier alpha value is -2.58. The molecule has 1 heterocycles. The lowest BCUT2D eigenvalue weighted by molar-refractivity contribution is 0.280. The zero-order chi connectivity index (χ0) is 13.7. The Morgan fingerprint density at radius 2 is 2.11 bits per heavy atom. The monoisotopic (exact) mass is 256 g/mol. The van der Waals surface area contributed by atoms with Crippen LogP contribution in [0.4, 0.5) is 0 Å². The zero-order valence-corrected chi connectivity index (χ0v) is 10.3. The zero-order valence-electron chi connectivity index (χ0n) is 10.3. The Bertz CT molecular complexity index is 620. The molecule has 0 fully saturated rings. The van der Waals surface area contributed by atoms with Gasteiger partial charge < -0.3 is 14.6 Å². The van der Waals surface area contributed by atoms with E-state index in [1.807, 2.05) is 6.07 Å². The van der Waals surface area contributed by atoms with Crippen molar-refractivity contribution in [3.05, 3.63) is 47.8 Å². The number of aromatic nitrogens is 1. The van der Waals surface area contributed by atoms with Crippen molar-refractivity contribution < 1.29 is 14.6 Å². The van der Waals surface area contributed by atoms with Gasteiger partial charge in [-0.2, -0.15) is 5.26 Å². The molecule has 1 aromatic carbocycles. The molecule has 0 aliphatic rings. The fraction of sp³-hybridized carbons (Fsp3) is 0.143. The van der Waals surface area contributed by atoms with Crippen molar-refractivity contribution in [3.8, 4) is 23.3 Å². The van der Waals surface area contributed by atoms with Crippen molar-refractivity contribution in [1.82, 2.24) is 4.98 Å². The molecule has 0 saturated heterocycles. The van der Waals surface area contributed by atoms with Crippen LogP contribution in [0.3, 0.4) is 0 Å². The van der Waals surface area contributed by atoms with E-state index in [0.717, 1.165) is 5.56 Å². The van der Waals surface area contributed by atoms with E-state index in [4.69, 9.17) is 19.8 Å². The molecule has 96 valence electrons. The van der Waals surface area contributed by atoms with Gasteiger partial charge in [0.2, 0.25) is 0 Å². The van der Waals surface area contributed by atoms with E-state index in [9.17, 15) is 0 Å². The summed E-state index contributed by atoms with van der Waals surface area (Å²) in [4.78, 5) is 3.86. The molecular weight excluding hydrogens is 244 g/mol. The number of nitrogens with zero attached hydrogens (tertiary/aromatic N) is 2. The van der Waals surface area contributed by atoms with Gasteiger partial charge in [0, 0.05) is 12.3 Å². The molecular formula is C14H12N2O3. The van der Waals surface area contributed by atoms with Crippen LogP contribution in [0.5, 0.6) is 17.2 Å². The van der Waals surface area contributed by atoms with Crippen molar-refractivity contribution in [2.24, 2.45) is 0 Å². The highest BCUT2D eigenvalue weighted by Crippen LogP contribution is 2.32. The van der Waals surface area contributed by atoms with E-state index >= 15 is 0 Å². The van der Waals surface area contributed by atoms with Crippen molar-refractivity contribution in [3.63, 3.8) is 0 Å². The normalized spacial score (nSPS) is 9.74. The van der Waals surface area contributed by atoms with Gasteiger partial charge in [-0.05, 0) is 23.8 Å². The van der Waals surface area contributed by atoms with E-state index in [2.05, 4.69) is 4.98 Å². The third kappa shape index (κ3) is 3.00. The van der Waals surface area contributed by atoms with Crippen LogP contribution >= 0.6 is 0 Å². The Labute approximate surface area is 110 Å². The quantitative estimate of drug-likeness (QED) is 0.907. The lowest BCUT2D eigenvalue weighted by Gasteiger charge is -2.11. The highest BCUT2D eigenvalue weighted by molar-refractivity contribution is 5.45. The van der Waals surface area contributed by atoms with Gasteiger partial charge in [0.1, 0.15) is 17.5 Å². The number of hydrogen-bond acceptors (Lipinski definition) is 5. The molecule has 2 rings (SSSR count). The minimum Gasteiger partial charge on any atom is -0.493 e. The third-order valence-corrected chi connectivity index (χ3v) is 2.48. The summed E-state index contributed by atoms with van der Waals surface area (Å²) in [6.07, 6.45) is 1.50. The predicted molar refractivity (Wildman–Crippen MR) is 67.9 cm³/mol. The molecule has 5 nitrogen and oxygen atoms in total. The minimum absolute atomic E-state index is 0.0650. The van der Waals surface area contributed by atoms with E-state index in [1.54, 1.807) is 30.3 Å². The molecule has 1 N–H and O–H groups in total. The summed E-state index contributed by atoms with van der Waals surface area (Å²) in [5.41, 5.74) is 1.01. The number of pyridine rings is 1. The van der Waals surface area contributed by atoms with Crippen LogP contribution < -0.4 is 9.47 Å². The number of hydrogen-bond donors (Lipinski definition) is 1. The van der Waals surface area contributed by atoms with Gasteiger partial charge in [0.15, 0.2) is 11.5 Å². The third-order valence-electron chi connectivity index (χ3n) is 2.48. The highest BCUT2D eigenvalue weighted by Gasteiger charge is 2.07. The number of ether oxygens (including phenoxy) is 2. The molecule has 0 aliphatic heterocycles. The molecule has 0 radical (unpaired) electrons. The lowest BCUT2D eigenvalue weighted by atomic mass is 10.2. The van der Waals surface area contributed by atoms with Crippen LogP contribution in [0.25, 0.3) is 0 Å². The Morgan fingerprint density at radius 3 is 2.79 bits per heavy atom. The molecule has 0 spiro atoms. The second kappa shape index (κ2) is 5.85. The number of aliphatic hydroxyl groups excluding tert-OH is 1. The molecule has 0 unspecified atom stereocenters. The van der Waals surface area contributed by atoms with Crippen molar-refractivity contribution >= 4 is 0 Å². The number of methoxy groups -OCH3 is 1. The summed E-state index contributed by atoms with van der Waals surface area (Å²) in [5.74, 6) is 1.53. The number of benzene rings is 1. The number of nitriles is 1. The van der Waals surface area contributed by atoms with Crippen molar-refractivity contribution in [2.45, 2.75) is 6.61 Å². The van der Waals surface area contributed by atoms with Crippen LogP contribution in [-0.4, -0.2) is 17.2 Å². The first-order valence-corrected chi connectivity index (χ1v) is 5.58. The van der Waals surface area contributed by atoms with Gasteiger partial charge in [-0.3, -0.25) is 0 Å². The van der Waals surface area contributed by atoms with Gasteiger partial charge in [-0.25, -0.2) is 4.98 Å². The second-order valence-corrected chi connectivity index (χ2v) is 3.73. The molecule has 0 saturated carbocycles. The average molecular weight is 256 g/mol. The summed E-state index contributed by atoms with van der Waals surface area (Å²) in [6.45, 7) is -0.0650. The summed E-state index contributed by atoms with van der Waals surface area (Å²) < 4.78 is 10.8. The van der Waals surface area contributed by atoms with Crippen LogP contribution in [-0.2, 0) is 6.61 Å².